The molecule has 1 unspecified atom stereocenters. The zero-order valence-electron chi connectivity index (χ0n) is 10.7. The van der Waals surface area contributed by atoms with Gasteiger partial charge in [-0.15, -0.1) is 0 Å². The fraction of sp³-hybridized carbons (Fsp3) is 0.429. The monoisotopic (exact) mass is 249 g/mol. The van der Waals surface area contributed by atoms with Crippen molar-refractivity contribution in [3.63, 3.8) is 0 Å². The van der Waals surface area contributed by atoms with E-state index in [4.69, 9.17) is 9.52 Å². The highest BCUT2D eigenvalue weighted by molar-refractivity contribution is 5.85. The van der Waals surface area contributed by atoms with Gasteiger partial charge in [0.15, 0.2) is 0 Å². The smallest absolute Gasteiger partial charge is 0.134 e. The molecule has 0 aliphatic carbocycles. The van der Waals surface area contributed by atoms with Crippen LogP contribution in [0, 0.1) is 6.92 Å². The molecule has 4 nitrogen and oxygen atoms in total. The summed E-state index contributed by atoms with van der Waals surface area (Å²) in [5.41, 5.74) is 2.97. The second-order valence-electron chi connectivity index (χ2n) is 4.43. The summed E-state index contributed by atoms with van der Waals surface area (Å²) in [6, 6.07) is 5.85. The Morgan fingerprint density at radius 3 is 2.83 bits per heavy atom. The van der Waals surface area contributed by atoms with E-state index in [0.717, 1.165) is 28.8 Å². The Morgan fingerprint density at radius 1 is 1.39 bits per heavy atom. The highest BCUT2D eigenvalue weighted by atomic mass is 16.3. The quantitative estimate of drug-likeness (QED) is 0.759. The molecule has 0 aliphatic rings. The average Bonchev–Trinajstić information content (AvgIpc) is 2.72. The van der Waals surface area contributed by atoms with Crippen molar-refractivity contribution in [2.45, 2.75) is 26.4 Å². The van der Waals surface area contributed by atoms with Gasteiger partial charge in [-0.25, -0.2) is 0 Å². The van der Waals surface area contributed by atoms with Gasteiger partial charge in [-0.1, -0.05) is 6.92 Å². The zero-order chi connectivity index (χ0) is 13.1. The SMILES string of the molecule is CCc1oc2ccc(NCC(O)CO)cc2c1C. The Kier molecular flexibility index (Phi) is 3.89. The van der Waals surface area contributed by atoms with Crippen LogP contribution in [0.15, 0.2) is 22.6 Å². The molecule has 18 heavy (non-hydrogen) atoms. The summed E-state index contributed by atoms with van der Waals surface area (Å²) in [7, 11) is 0. The number of nitrogens with one attached hydrogen (secondary N) is 1. The van der Waals surface area contributed by atoms with Crippen molar-refractivity contribution in [1.29, 1.82) is 0 Å². The Bertz CT molecular complexity index is 533. The first-order chi connectivity index (χ1) is 8.65. The Labute approximate surface area is 106 Å². The fourth-order valence-corrected chi connectivity index (χ4v) is 2.02. The molecule has 0 amide bonds. The summed E-state index contributed by atoms with van der Waals surface area (Å²) in [5.74, 6) is 1.01. The molecular formula is C14H19NO3. The average molecular weight is 249 g/mol. The molecule has 0 radical (unpaired) electrons. The normalized spacial score (nSPS) is 12.9. The second-order valence-corrected chi connectivity index (χ2v) is 4.43. The minimum absolute atomic E-state index is 0.236. The molecule has 98 valence electrons. The van der Waals surface area contributed by atoms with Gasteiger partial charge >= 0.3 is 0 Å². The van der Waals surface area contributed by atoms with Gasteiger partial charge < -0.3 is 19.9 Å². The van der Waals surface area contributed by atoms with Crippen molar-refractivity contribution in [2.24, 2.45) is 0 Å². The van der Waals surface area contributed by atoms with Crippen LogP contribution in [-0.2, 0) is 6.42 Å². The molecule has 2 aromatic rings. The van der Waals surface area contributed by atoms with Gasteiger partial charge in [0.2, 0.25) is 0 Å². The van der Waals surface area contributed by atoms with E-state index in [2.05, 4.69) is 19.2 Å². The minimum atomic E-state index is -0.739. The van der Waals surface area contributed by atoms with Crippen molar-refractivity contribution < 1.29 is 14.6 Å². The first kappa shape index (κ1) is 12.9. The number of aliphatic hydroxyl groups is 2. The molecule has 1 heterocycles. The van der Waals surface area contributed by atoms with Crippen LogP contribution in [0.3, 0.4) is 0 Å². The second kappa shape index (κ2) is 5.42. The third-order valence-corrected chi connectivity index (χ3v) is 3.11. The van der Waals surface area contributed by atoms with Crippen LogP contribution >= 0.6 is 0 Å². The topological polar surface area (TPSA) is 65.6 Å². The first-order valence-electron chi connectivity index (χ1n) is 6.20. The largest absolute Gasteiger partial charge is 0.461 e. The van der Waals surface area contributed by atoms with Crippen molar-refractivity contribution in [3.8, 4) is 0 Å². The predicted octanol–water partition coefficient (Wildman–Crippen LogP) is 2.07. The number of aryl methyl sites for hydroxylation is 2. The van der Waals surface area contributed by atoms with E-state index < -0.39 is 6.10 Å². The van der Waals surface area contributed by atoms with E-state index in [9.17, 15) is 5.11 Å². The minimum Gasteiger partial charge on any atom is -0.461 e. The van der Waals surface area contributed by atoms with E-state index >= 15 is 0 Å². The number of hydrogen-bond donors (Lipinski definition) is 3. The number of furan rings is 1. The van der Waals surface area contributed by atoms with E-state index in [1.54, 1.807) is 0 Å². The van der Waals surface area contributed by atoms with Gasteiger partial charge in [0.25, 0.3) is 0 Å². The maximum atomic E-state index is 9.30. The number of aliphatic hydroxyl groups excluding tert-OH is 2. The summed E-state index contributed by atoms with van der Waals surface area (Å²) >= 11 is 0. The van der Waals surface area contributed by atoms with Gasteiger partial charge in [-0.05, 0) is 30.7 Å². The molecule has 1 aromatic carbocycles. The summed E-state index contributed by atoms with van der Waals surface area (Å²) in [6.07, 6.45) is 0.143. The van der Waals surface area contributed by atoms with E-state index in [1.165, 1.54) is 5.56 Å². The molecule has 0 aliphatic heterocycles. The van der Waals surface area contributed by atoms with E-state index in [1.807, 2.05) is 18.2 Å². The van der Waals surface area contributed by atoms with Crippen LogP contribution in [0.25, 0.3) is 11.0 Å². The molecule has 0 bridgehead atoms. The molecular weight excluding hydrogens is 230 g/mol. The van der Waals surface area contributed by atoms with Gasteiger partial charge in [-0.2, -0.15) is 0 Å². The van der Waals surface area contributed by atoms with Crippen LogP contribution in [0.5, 0.6) is 0 Å². The van der Waals surface area contributed by atoms with Crippen LogP contribution in [0.4, 0.5) is 5.69 Å². The molecule has 2 rings (SSSR count). The molecule has 0 spiro atoms. The van der Waals surface area contributed by atoms with Crippen LogP contribution < -0.4 is 5.32 Å². The van der Waals surface area contributed by atoms with Gasteiger partial charge in [0.1, 0.15) is 11.3 Å². The molecule has 1 aromatic heterocycles. The van der Waals surface area contributed by atoms with E-state index in [0.29, 0.717) is 6.54 Å². The lowest BCUT2D eigenvalue weighted by molar-refractivity contribution is 0.105. The fourth-order valence-electron chi connectivity index (χ4n) is 2.02. The highest BCUT2D eigenvalue weighted by Crippen LogP contribution is 2.28. The Morgan fingerprint density at radius 2 is 2.17 bits per heavy atom. The first-order valence-corrected chi connectivity index (χ1v) is 6.20. The third-order valence-electron chi connectivity index (χ3n) is 3.11. The maximum Gasteiger partial charge on any atom is 0.134 e. The number of fused-ring (bicyclic) bond motifs is 1. The van der Waals surface area contributed by atoms with E-state index in [-0.39, 0.29) is 6.61 Å². The van der Waals surface area contributed by atoms with Crippen LogP contribution in [0.1, 0.15) is 18.2 Å². The third kappa shape index (κ3) is 2.49. The number of hydrogen-bond acceptors (Lipinski definition) is 4. The van der Waals surface area contributed by atoms with Crippen molar-refractivity contribution in [1.82, 2.24) is 0 Å². The number of rotatable bonds is 5. The lowest BCUT2D eigenvalue weighted by Crippen LogP contribution is -2.22. The standard InChI is InChI=1S/C14H19NO3/c1-3-13-9(2)12-6-10(4-5-14(12)18-13)15-7-11(17)8-16/h4-6,11,15-17H,3,7-8H2,1-2H3. The molecule has 3 N–H and O–H groups in total. The zero-order valence-corrected chi connectivity index (χ0v) is 10.7. The highest BCUT2D eigenvalue weighted by Gasteiger charge is 2.09. The summed E-state index contributed by atoms with van der Waals surface area (Å²) < 4.78 is 5.73. The molecule has 4 heteroatoms. The predicted molar refractivity (Wildman–Crippen MR) is 71.9 cm³/mol. The molecule has 0 saturated carbocycles. The Hall–Kier alpha value is -1.52. The molecule has 1 atom stereocenters. The van der Waals surface area contributed by atoms with Crippen LogP contribution in [-0.4, -0.2) is 29.5 Å². The summed E-state index contributed by atoms with van der Waals surface area (Å²) in [4.78, 5) is 0. The number of benzene rings is 1. The Balaban J connectivity index is 2.23. The maximum absolute atomic E-state index is 9.30. The lowest BCUT2D eigenvalue weighted by Gasteiger charge is -2.10. The molecule has 0 fully saturated rings. The van der Waals surface area contributed by atoms with Crippen molar-refractivity contribution in [2.75, 3.05) is 18.5 Å². The summed E-state index contributed by atoms with van der Waals surface area (Å²) in [6.45, 7) is 4.22. The lowest BCUT2D eigenvalue weighted by atomic mass is 10.1. The van der Waals surface area contributed by atoms with Crippen LogP contribution in [0.2, 0.25) is 0 Å². The van der Waals surface area contributed by atoms with Gasteiger partial charge in [0.05, 0.1) is 12.7 Å². The molecule has 0 saturated heterocycles. The summed E-state index contributed by atoms with van der Waals surface area (Å²) in [5, 5.41) is 22.2. The van der Waals surface area contributed by atoms with Gasteiger partial charge in [0, 0.05) is 24.0 Å². The van der Waals surface area contributed by atoms with Crippen molar-refractivity contribution in [3.05, 3.63) is 29.5 Å². The van der Waals surface area contributed by atoms with Crippen molar-refractivity contribution >= 4 is 16.7 Å². The number of anilines is 1. The van der Waals surface area contributed by atoms with Gasteiger partial charge in [-0.3, -0.25) is 0 Å².